The number of carbonyl (C=O) groups is 6. The predicted octanol–water partition coefficient (Wildman–Crippen LogP) is 0.530. The molecule has 8 atom stereocenters. The first-order valence-electron chi connectivity index (χ1n) is 13.7. The molecule has 0 heterocycles. The quantitative estimate of drug-likeness (QED) is 0.343. The highest BCUT2D eigenvalue weighted by molar-refractivity contribution is 6.32. The molecule has 0 aromatic heterocycles. The van der Waals surface area contributed by atoms with Gasteiger partial charge in [-0.05, 0) is 50.4 Å². The van der Waals surface area contributed by atoms with Gasteiger partial charge in [0.15, 0.2) is 34.7 Å². The number of nitrogens with zero attached hydrogens (tertiary/aromatic N) is 1. The fourth-order valence-corrected chi connectivity index (χ4v) is 7.72. The molecule has 214 valence electrons. The lowest BCUT2D eigenvalue weighted by Crippen LogP contribution is -2.78. The van der Waals surface area contributed by atoms with Crippen LogP contribution in [0.3, 0.4) is 0 Å². The number of hydrogen-bond donors (Lipinski definition) is 3. The van der Waals surface area contributed by atoms with Crippen molar-refractivity contribution in [2.45, 2.75) is 62.7 Å². The third kappa shape index (κ3) is 3.93. The molecule has 1 aromatic rings. The highest BCUT2D eigenvalue weighted by Crippen LogP contribution is 2.55. The number of fused-ring (bicyclic) bond motifs is 3. The fraction of sp³-hybridized carbons (Fsp3) is 0.586. The number of ketones is 4. The maximum atomic E-state index is 14.2. The molecule has 4 aliphatic rings. The van der Waals surface area contributed by atoms with E-state index in [1.807, 2.05) is 0 Å². The van der Waals surface area contributed by atoms with Gasteiger partial charge in [-0.3, -0.25) is 33.7 Å². The lowest BCUT2D eigenvalue weighted by molar-refractivity contribution is -0.206. The largest absolute Gasteiger partial charge is 0.507 e. The van der Waals surface area contributed by atoms with Gasteiger partial charge >= 0.3 is 5.97 Å². The topological polar surface area (TPSA) is 181 Å². The molecule has 4 aliphatic carbocycles. The second kappa shape index (κ2) is 9.88. The summed E-state index contributed by atoms with van der Waals surface area (Å²) in [5, 5.41) is 22.6. The Morgan fingerprint density at radius 1 is 1.10 bits per heavy atom. The van der Waals surface area contributed by atoms with Gasteiger partial charge in [0, 0.05) is 12.3 Å². The Bertz CT molecular complexity index is 1320. The third-order valence-electron chi connectivity index (χ3n) is 9.52. The Labute approximate surface area is 231 Å². The molecule has 2 unspecified atom stereocenters. The predicted molar refractivity (Wildman–Crippen MR) is 138 cm³/mol. The lowest BCUT2D eigenvalue weighted by Gasteiger charge is -2.56. The molecule has 40 heavy (non-hydrogen) atoms. The van der Waals surface area contributed by atoms with Gasteiger partial charge in [0.25, 0.3) is 0 Å². The number of likely N-dealkylation sites (N-methyl/N-ethyl adjacent to an activating group) is 1. The van der Waals surface area contributed by atoms with E-state index in [0.29, 0.717) is 5.56 Å². The summed E-state index contributed by atoms with van der Waals surface area (Å²) >= 11 is 0. The van der Waals surface area contributed by atoms with Crippen LogP contribution in [0, 0.1) is 29.6 Å². The van der Waals surface area contributed by atoms with Crippen molar-refractivity contribution in [3.63, 3.8) is 0 Å². The second-order valence-electron chi connectivity index (χ2n) is 11.9. The molecule has 11 nitrogen and oxygen atoms in total. The minimum Gasteiger partial charge on any atom is -0.507 e. The summed E-state index contributed by atoms with van der Waals surface area (Å²) < 4.78 is 6.03. The molecule has 0 saturated heterocycles. The average Bonchev–Trinajstić information content (AvgIpc) is 3.38. The summed E-state index contributed by atoms with van der Waals surface area (Å²) in [7, 11) is 2.96. The number of primary amides is 1. The van der Waals surface area contributed by atoms with E-state index in [1.54, 1.807) is 19.1 Å². The summed E-state index contributed by atoms with van der Waals surface area (Å²) in [6.07, 6.45) is 2.31. The maximum Gasteiger partial charge on any atom is 0.306 e. The molecule has 0 spiro atoms. The number of aromatic hydroxyl groups is 1. The third-order valence-corrected chi connectivity index (χ3v) is 9.52. The first-order chi connectivity index (χ1) is 18.8. The molecular weight excluding hydrogens is 520 g/mol. The van der Waals surface area contributed by atoms with Gasteiger partial charge in [-0.1, -0.05) is 31.9 Å². The van der Waals surface area contributed by atoms with E-state index in [-0.39, 0.29) is 23.7 Å². The van der Waals surface area contributed by atoms with Gasteiger partial charge in [0.1, 0.15) is 11.9 Å². The van der Waals surface area contributed by atoms with Crippen LogP contribution >= 0.6 is 0 Å². The molecule has 3 saturated carbocycles. The van der Waals surface area contributed by atoms with Crippen LogP contribution < -0.4 is 5.73 Å². The number of benzene rings is 1. The van der Waals surface area contributed by atoms with E-state index < -0.39 is 82.3 Å². The SMILES string of the molecule is C[C@@H]1c2cccc(O)c2C(=O)C2C(=O)[C@@]3(O)C(=O)C(C(N)=O)C(=O)[C@H](N(C)C)[C@H]3[C@H](OC(=O)CC3CCCC3)[C@H]21. The summed E-state index contributed by atoms with van der Waals surface area (Å²) in [5.74, 6) is -13.6. The van der Waals surface area contributed by atoms with Crippen LogP contribution in [0.15, 0.2) is 18.2 Å². The van der Waals surface area contributed by atoms with Crippen LogP contribution in [-0.2, 0) is 28.7 Å². The number of ether oxygens (including phenoxy) is 1. The second-order valence-corrected chi connectivity index (χ2v) is 11.9. The van der Waals surface area contributed by atoms with E-state index in [4.69, 9.17) is 10.5 Å². The number of phenols is 1. The minimum atomic E-state index is -3.01. The number of carbonyl (C=O) groups excluding carboxylic acids is 6. The molecule has 0 bridgehead atoms. The van der Waals surface area contributed by atoms with Gasteiger partial charge in [0.05, 0.1) is 23.4 Å². The van der Waals surface area contributed by atoms with Gasteiger partial charge in [-0.2, -0.15) is 0 Å². The van der Waals surface area contributed by atoms with Crippen molar-refractivity contribution in [3.05, 3.63) is 29.3 Å². The van der Waals surface area contributed by atoms with E-state index >= 15 is 0 Å². The van der Waals surface area contributed by atoms with Crippen molar-refractivity contribution in [2.75, 3.05) is 14.1 Å². The van der Waals surface area contributed by atoms with Crippen molar-refractivity contribution in [2.24, 2.45) is 35.3 Å². The van der Waals surface area contributed by atoms with Crippen LogP contribution in [0.1, 0.15) is 60.9 Å². The van der Waals surface area contributed by atoms with Gasteiger partial charge in [-0.15, -0.1) is 0 Å². The average molecular weight is 555 g/mol. The standard InChI is InChI=1S/C29H34N2O9/c1-12-14-9-6-10-15(32)18(14)23(34)19-17(12)25(40-16(33)11-13-7-4-5-8-13)21-22(31(2)3)24(35)20(28(30)38)27(37)29(21,39)26(19)36/h6,9-10,12-13,17,19-22,25,32,39H,4-5,7-8,11H2,1-3H3,(H2,30,38)/t12-,17+,19?,20?,21+,22-,25-,29-/m1/s1. The van der Waals surface area contributed by atoms with E-state index in [1.165, 1.54) is 25.1 Å². The smallest absolute Gasteiger partial charge is 0.306 e. The minimum absolute atomic E-state index is 0.0745. The number of esters is 1. The summed E-state index contributed by atoms with van der Waals surface area (Å²) in [4.78, 5) is 82.2. The van der Waals surface area contributed by atoms with Crippen LogP contribution in [0.2, 0.25) is 0 Å². The van der Waals surface area contributed by atoms with E-state index in [0.717, 1.165) is 25.7 Å². The first kappa shape index (κ1) is 28.1. The Morgan fingerprint density at radius 3 is 2.35 bits per heavy atom. The van der Waals surface area contributed by atoms with Crippen LogP contribution in [0.4, 0.5) is 0 Å². The molecule has 0 aliphatic heterocycles. The van der Waals surface area contributed by atoms with Crippen LogP contribution in [0.5, 0.6) is 5.75 Å². The zero-order chi connectivity index (χ0) is 29.3. The number of phenolic OH excluding ortho intramolecular Hbond substituents is 1. The zero-order valence-electron chi connectivity index (χ0n) is 22.7. The Kier molecular flexibility index (Phi) is 6.94. The van der Waals surface area contributed by atoms with Crippen LogP contribution in [0.25, 0.3) is 0 Å². The van der Waals surface area contributed by atoms with Crippen molar-refractivity contribution < 1.29 is 43.7 Å². The Balaban J connectivity index is 1.70. The van der Waals surface area contributed by atoms with Crippen molar-refractivity contribution >= 4 is 35.0 Å². The first-order valence-corrected chi connectivity index (χ1v) is 13.7. The van der Waals surface area contributed by atoms with E-state index in [2.05, 4.69) is 0 Å². The molecule has 0 radical (unpaired) electrons. The van der Waals surface area contributed by atoms with Crippen molar-refractivity contribution in [1.29, 1.82) is 0 Å². The van der Waals surface area contributed by atoms with Crippen molar-refractivity contribution in [1.82, 2.24) is 4.90 Å². The molecule has 1 amide bonds. The van der Waals surface area contributed by atoms with Crippen LogP contribution in [-0.4, -0.2) is 82.0 Å². The molecule has 1 aromatic carbocycles. The maximum absolute atomic E-state index is 14.2. The lowest BCUT2D eigenvalue weighted by atomic mass is 9.49. The monoisotopic (exact) mass is 554 g/mol. The summed E-state index contributed by atoms with van der Waals surface area (Å²) in [6, 6.07) is 3.07. The molecule has 3 fully saturated rings. The van der Waals surface area contributed by atoms with Gasteiger partial charge in [0.2, 0.25) is 5.91 Å². The summed E-state index contributed by atoms with van der Waals surface area (Å²) in [6.45, 7) is 1.71. The zero-order valence-corrected chi connectivity index (χ0v) is 22.7. The summed E-state index contributed by atoms with van der Waals surface area (Å²) in [5.41, 5.74) is 2.70. The van der Waals surface area contributed by atoms with Crippen molar-refractivity contribution in [3.8, 4) is 5.75 Å². The molecular formula is C29H34N2O9. The Morgan fingerprint density at radius 2 is 1.75 bits per heavy atom. The fourth-order valence-electron chi connectivity index (χ4n) is 7.72. The number of hydrogen-bond acceptors (Lipinski definition) is 10. The number of aliphatic hydroxyl groups is 1. The normalized spacial score (nSPS) is 35.8. The molecule has 5 rings (SSSR count). The highest BCUT2D eigenvalue weighted by atomic mass is 16.5. The van der Waals surface area contributed by atoms with E-state index in [9.17, 15) is 39.0 Å². The van der Waals surface area contributed by atoms with Gasteiger partial charge < -0.3 is 20.7 Å². The number of rotatable bonds is 5. The highest BCUT2D eigenvalue weighted by Gasteiger charge is 2.74. The number of Topliss-reactive ketones (excluding diaryl/α,β-unsaturated/α-hetero) is 4. The molecule has 4 N–H and O–H groups in total. The Hall–Kier alpha value is -3.44. The number of nitrogens with two attached hydrogens (primary N) is 1. The van der Waals surface area contributed by atoms with Gasteiger partial charge in [-0.25, -0.2) is 0 Å². The number of amides is 1. The molecule has 11 heteroatoms.